The molecule has 2 aliphatic rings. The van der Waals surface area contributed by atoms with Crippen molar-refractivity contribution in [2.75, 3.05) is 57.3 Å². The zero-order valence-corrected chi connectivity index (χ0v) is 19.5. The molecule has 2 fully saturated rings. The van der Waals surface area contributed by atoms with E-state index < -0.39 is 0 Å². The summed E-state index contributed by atoms with van der Waals surface area (Å²) in [7, 11) is 1.87. The molecule has 0 spiro atoms. The second-order valence-corrected chi connectivity index (χ2v) is 7.33. The molecule has 8 nitrogen and oxygen atoms in total. The molecule has 1 aromatic rings. The lowest BCUT2D eigenvalue weighted by atomic mass is 10.2. The Kier molecular flexibility index (Phi) is 9.49. The summed E-state index contributed by atoms with van der Waals surface area (Å²) in [6.45, 7) is 8.81. The van der Waals surface area contributed by atoms with E-state index in [0.29, 0.717) is 13.1 Å². The Morgan fingerprint density at radius 3 is 2.54 bits per heavy atom. The maximum absolute atomic E-state index is 12.6. The molecule has 1 N–H and O–H groups in total. The van der Waals surface area contributed by atoms with Gasteiger partial charge in [0.05, 0.1) is 18.4 Å². The van der Waals surface area contributed by atoms with Gasteiger partial charge in [-0.15, -0.1) is 24.0 Å². The minimum absolute atomic E-state index is 0. The number of hydrogen-bond donors (Lipinski definition) is 1. The number of rotatable bonds is 5. The monoisotopic (exact) mass is 503 g/mol. The number of guanidine groups is 1. The van der Waals surface area contributed by atoms with E-state index in [1.165, 1.54) is 38.8 Å². The largest absolute Gasteiger partial charge is 0.357 e. The molecule has 2 saturated heterocycles. The van der Waals surface area contributed by atoms with E-state index in [9.17, 15) is 4.79 Å². The Bertz CT molecular complexity index is 640. The van der Waals surface area contributed by atoms with Crippen LogP contribution < -0.4 is 10.2 Å². The van der Waals surface area contributed by atoms with Gasteiger partial charge in [0, 0.05) is 39.4 Å². The number of nitrogens with zero attached hydrogens (tertiary/aromatic N) is 6. The number of hydrogen-bond acceptors (Lipinski definition) is 4. The van der Waals surface area contributed by atoms with Gasteiger partial charge in [-0.3, -0.25) is 14.5 Å². The molecule has 28 heavy (non-hydrogen) atoms. The number of piperazine rings is 1. The number of anilines is 1. The minimum Gasteiger partial charge on any atom is -0.357 e. The van der Waals surface area contributed by atoms with E-state index >= 15 is 0 Å². The quantitative estimate of drug-likeness (QED) is 0.375. The molecular weight excluding hydrogens is 469 g/mol. The van der Waals surface area contributed by atoms with E-state index in [0.717, 1.165) is 37.8 Å². The van der Waals surface area contributed by atoms with Crippen LogP contribution in [0.4, 0.5) is 5.69 Å². The van der Waals surface area contributed by atoms with Gasteiger partial charge >= 0.3 is 0 Å². The van der Waals surface area contributed by atoms with Crippen LogP contribution in [-0.2, 0) is 11.8 Å². The first-order valence-corrected chi connectivity index (χ1v) is 10.2. The SMILES string of the molecule is CCNC(=NCCN1CCCCCC1)N1CCN(c2cnn(C)c2)C(=O)C1.I. The number of carbonyl (C=O) groups is 1. The first-order valence-electron chi connectivity index (χ1n) is 10.2. The van der Waals surface area contributed by atoms with Crippen molar-refractivity contribution in [3.05, 3.63) is 12.4 Å². The van der Waals surface area contributed by atoms with Crippen LogP contribution in [0.5, 0.6) is 0 Å². The second-order valence-electron chi connectivity index (χ2n) is 7.33. The predicted molar refractivity (Wildman–Crippen MR) is 123 cm³/mol. The normalized spacial score (nSPS) is 19.4. The molecule has 1 amide bonds. The van der Waals surface area contributed by atoms with Crippen molar-refractivity contribution in [2.24, 2.45) is 12.0 Å². The summed E-state index contributed by atoms with van der Waals surface area (Å²) < 4.78 is 1.73. The molecule has 9 heteroatoms. The average molecular weight is 503 g/mol. The predicted octanol–water partition coefficient (Wildman–Crippen LogP) is 1.53. The van der Waals surface area contributed by atoms with E-state index in [1.807, 2.05) is 18.1 Å². The number of likely N-dealkylation sites (tertiary alicyclic amines) is 1. The number of halogens is 1. The lowest BCUT2D eigenvalue weighted by Gasteiger charge is -2.35. The van der Waals surface area contributed by atoms with Gasteiger partial charge in [-0.25, -0.2) is 0 Å². The highest BCUT2D eigenvalue weighted by atomic mass is 127. The molecular formula is C19H34IN7O. The second kappa shape index (κ2) is 11.6. The van der Waals surface area contributed by atoms with Gasteiger partial charge in [0.1, 0.15) is 6.54 Å². The molecule has 0 bridgehead atoms. The van der Waals surface area contributed by atoms with Crippen molar-refractivity contribution in [3.8, 4) is 0 Å². The zero-order chi connectivity index (χ0) is 19.1. The molecule has 0 saturated carbocycles. The molecule has 0 unspecified atom stereocenters. The number of aliphatic imine (C=N–C) groups is 1. The van der Waals surface area contributed by atoms with Gasteiger partial charge in [-0.1, -0.05) is 12.8 Å². The fourth-order valence-corrected chi connectivity index (χ4v) is 3.76. The maximum Gasteiger partial charge on any atom is 0.246 e. The van der Waals surface area contributed by atoms with Crippen molar-refractivity contribution < 1.29 is 4.79 Å². The third kappa shape index (κ3) is 6.33. The lowest BCUT2D eigenvalue weighted by Crippen LogP contribution is -2.55. The molecule has 1 aromatic heterocycles. The van der Waals surface area contributed by atoms with E-state index in [2.05, 4.69) is 27.1 Å². The topological polar surface area (TPSA) is 69.0 Å². The standard InChI is InChI=1S/C19H33N7O.HI/c1-3-20-19(21-8-11-24-9-6-4-5-7-10-24)25-12-13-26(18(27)16-25)17-14-22-23(2)15-17;/h14-15H,3-13,16H2,1-2H3,(H,20,21);1H. The molecule has 0 aliphatic carbocycles. The van der Waals surface area contributed by atoms with Crippen molar-refractivity contribution >= 4 is 41.5 Å². The molecule has 3 heterocycles. The maximum atomic E-state index is 12.6. The minimum atomic E-state index is 0. The van der Waals surface area contributed by atoms with Crippen LogP contribution in [-0.4, -0.2) is 83.8 Å². The third-order valence-electron chi connectivity index (χ3n) is 5.23. The zero-order valence-electron chi connectivity index (χ0n) is 17.1. The summed E-state index contributed by atoms with van der Waals surface area (Å²) in [5.74, 6) is 0.943. The Balaban J connectivity index is 0.00000280. The summed E-state index contributed by atoms with van der Waals surface area (Å²) >= 11 is 0. The molecule has 158 valence electrons. The van der Waals surface area contributed by atoms with Crippen LogP contribution >= 0.6 is 24.0 Å². The van der Waals surface area contributed by atoms with E-state index in [-0.39, 0.29) is 29.9 Å². The van der Waals surface area contributed by atoms with Crippen LogP contribution in [0, 0.1) is 0 Å². The Morgan fingerprint density at radius 2 is 1.93 bits per heavy atom. The summed E-state index contributed by atoms with van der Waals surface area (Å²) in [6.07, 6.45) is 8.93. The fraction of sp³-hybridized carbons (Fsp3) is 0.737. The number of carbonyl (C=O) groups excluding carboxylic acids is 1. The molecule has 2 aliphatic heterocycles. The number of aromatic nitrogens is 2. The highest BCUT2D eigenvalue weighted by molar-refractivity contribution is 14.0. The Labute approximate surface area is 185 Å². The fourth-order valence-electron chi connectivity index (χ4n) is 3.76. The highest BCUT2D eigenvalue weighted by Gasteiger charge is 2.27. The summed E-state index contributed by atoms with van der Waals surface area (Å²) in [4.78, 5) is 23.8. The molecule has 0 radical (unpaired) electrons. The first kappa shape index (κ1) is 22.9. The van der Waals surface area contributed by atoms with Crippen LogP contribution in [0.25, 0.3) is 0 Å². The van der Waals surface area contributed by atoms with Gasteiger partial charge in [-0.05, 0) is 32.9 Å². The number of amides is 1. The smallest absolute Gasteiger partial charge is 0.246 e. The summed E-state index contributed by atoms with van der Waals surface area (Å²) in [5, 5.41) is 7.52. The molecule has 0 aromatic carbocycles. The van der Waals surface area contributed by atoms with Crippen LogP contribution in [0.2, 0.25) is 0 Å². The van der Waals surface area contributed by atoms with Crippen molar-refractivity contribution in [2.45, 2.75) is 32.6 Å². The number of aryl methyl sites for hydroxylation is 1. The van der Waals surface area contributed by atoms with Gasteiger partial charge in [-0.2, -0.15) is 5.10 Å². The Morgan fingerprint density at radius 1 is 1.18 bits per heavy atom. The average Bonchev–Trinajstić information content (AvgIpc) is 2.92. The summed E-state index contributed by atoms with van der Waals surface area (Å²) in [6, 6.07) is 0. The van der Waals surface area contributed by atoms with Gasteiger partial charge in [0.2, 0.25) is 5.91 Å². The first-order chi connectivity index (χ1) is 13.2. The van der Waals surface area contributed by atoms with Crippen molar-refractivity contribution in [1.82, 2.24) is 24.9 Å². The van der Waals surface area contributed by atoms with E-state index in [1.54, 1.807) is 10.9 Å². The van der Waals surface area contributed by atoms with Gasteiger partial charge < -0.3 is 20.0 Å². The Hall–Kier alpha value is -1.36. The molecule has 0 atom stereocenters. The van der Waals surface area contributed by atoms with Crippen LogP contribution in [0.15, 0.2) is 17.4 Å². The van der Waals surface area contributed by atoms with Crippen molar-refractivity contribution in [1.29, 1.82) is 0 Å². The van der Waals surface area contributed by atoms with Crippen molar-refractivity contribution in [3.63, 3.8) is 0 Å². The van der Waals surface area contributed by atoms with Gasteiger partial charge in [0.25, 0.3) is 0 Å². The molecule has 3 rings (SSSR count). The lowest BCUT2D eigenvalue weighted by molar-refractivity contribution is -0.120. The third-order valence-corrected chi connectivity index (χ3v) is 5.23. The van der Waals surface area contributed by atoms with E-state index in [4.69, 9.17) is 4.99 Å². The summed E-state index contributed by atoms with van der Waals surface area (Å²) in [5.41, 5.74) is 0.866. The van der Waals surface area contributed by atoms with Crippen LogP contribution in [0.1, 0.15) is 32.6 Å². The van der Waals surface area contributed by atoms with Crippen LogP contribution in [0.3, 0.4) is 0 Å². The number of nitrogens with one attached hydrogen (secondary N) is 1. The van der Waals surface area contributed by atoms with Gasteiger partial charge in [0.15, 0.2) is 5.96 Å². The highest BCUT2D eigenvalue weighted by Crippen LogP contribution is 2.16.